The van der Waals surface area contributed by atoms with Crippen LogP contribution in [0.5, 0.6) is 0 Å². The van der Waals surface area contributed by atoms with E-state index < -0.39 is 0 Å². The Morgan fingerprint density at radius 2 is 1.88 bits per heavy atom. The van der Waals surface area contributed by atoms with Gasteiger partial charge in [0.15, 0.2) is 0 Å². The molecule has 0 aliphatic rings. The largest absolute Gasteiger partial charge is 0.330 e. The summed E-state index contributed by atoms with van der Waals surface area (Å²) >= 11 is 0. The van der Waals surface area contributed by atoms with E-state index in [0.29, 0.717) is 6.54 Å². The van der Waals surface area contributed by atoms with Crippen LogP contribution in [0.4, 0.5) is 4.39 Å². The van der Waals surface area contributed by atoms with Crippen LogP contribution in [0.2, 0.25) is 0 Å². The van der Waals surface area contributed by atoms with Crippen molar-refractivity contribution in [2.24, 2.45) is 5.73 Å². The fourth-order valence-electron chi connectivity index (χ4n) is 1.84. The molecule has 1 aromatic carbocycles. The Morgan fingerprint density at radius 3 is 2.47 bits per heavy atom. The van der Waals surface area contributed by atoms with Crippen LogP contribution < -0.4 is 5.73 Å². The maximum absolute atomic E-state index is 12.8. The van der Waals surface area contributed by atoms with E-state index in [9.17, 15) is 4.39 Å². The number of pyridine rings is 1. The molecular weight excluding hydrogens is 215 g/mol. The number of nitrogens with zero attached hydrogens (tertiary/aromatic N) is 1. The average Bonchev–Trinajstić information content (AvgIpc) is 2.38. The highest BCUT2D eigenvalue weighted by Crippen LogP contribution is 2.19. The molecule has 1 heterocycles. The van der Waals surface area contributed by atoms with Crippen molar-refractivity contribution in [3.05, 3.63) is 65.7 Å². The van der Waals surface area contributed by atoms with Gasteiger partial charge in [0.05, 0.1) is 0 Å². The molecule has 0 amide bonds. The molecule has 2 aromatic rings. The summed E-state index contributed by atoms with van der Waals surface area (Å²) in [6.45, 7) is 0.530. The Hall–Kier alpha value is -1.74. The number of hydrogen-bond donors (Lipinski definition) is 1. The van der Waals surface area contributed by atoms with E-state index in [1.165, 1.54) is 12.1 Å². The van der Waals surface area contributed by atoms with Crippen molar-refractivity contribution in [2.45, 2.75) is 12.3 Å². The lowest BCUT2D eigenvalue weighted by Gasteiger charge is -2.14. The third kappa shape index (κ3) is 3.11. The topological polar surface area (TPSA) is 38.9 Å². The minimum atomic E-state index is -0.220. The van der Waals surface area contributed by atoms with E-state index in [2.05, 4.69) is 4.98 Å². The smallest absolute Gasteiger partial charge is 0.123 e. The second-order valence-corrected chi connectivity index (χ2v) is 4.01. The molecular formula is C14H15FN2. The minimum absolute atomic E-state index is 0.186. The second kappa shape index (κ2) is 5.55. The molecule has 0 spiro atoms. The standard InChI is InChI=1S/C14H15FN2/c15-13-6-4-11(5-7-13)12(10-16)9-14-3-1-2-8-17-14/h1-8,12H,9-10,16H2. The Balaban J connectivity index is 2.14. The van der Waals surface area contributed by atoms with Gasteiger partial charge in [-0.2, -0.15) is 0 Å². The van der Waals surface area contributed by atoms with Gasteiger partial charge in [0.1, 0.15) is 5.82 Å². The highest BCUT2D eigenvalue weighted by molar-refractivity contribution is 5.22. The number of nitrogens with two attached hydrogens (primary N) is 1. The van der Waals surface area contributed by atoms with Gasteiger partial charge < -0.3 is 5.73 Å². The van der Waals surface area contributed by atoms with Gasteiger partial charge in [-0.05, 0) is 42.8 Å². The molecule has 2 N–H and O–H groups in total. The third-order valence-corrected chi connectivity index (χ3v) is 2.81. The number of benzene rings is 1. The minimum Gasteiger partial charge on any atom is -0.330 e. The summed E-state index contributed by atoms with van der Waals surface area (Å²) < 4.78 is 12.8. The zero-order valence-electron chi connectivity index (χ0n) is 9.51. The van der Waals surface area contributed by atoms with Gasteiger partial charge in [-0.15, -0.1) is 0 Å². The lowest BCUT2D eigenvalue weighted by Crippen LogP contribution is -2.15. The van der Waals surface area contributed by atoms with Crippen molar-refractivity contribution in [2.75, 3.05) is 6.54 Å². The second-order valence-electron chi connectivity index (χ2n) is 4.01. The predicted octanol–water partition coefficient (Wildman–Crippen LogP) is 2.51. The van der Waals surface area contributed by atoms with Gasteiger partial charge >= 0.3 is 0 Å². The van der Waals surface area contributed by atoms with E-state index in [4.69, 9.17) is 5.73 Å². The fraction of sp³-hybridized carbons (Fsp3) is 0.214. The monoisotopic (exact) mass is 230 g/mol. The molecule has 0 radical (unpaired) electrons. The lowest BCUT2D eigenvalue weighted by atomic mass is 9.94. The van der Waals surface area contributed by atoms with Crippen molar-refractivity contribution < 1.29 is 4.39 Å². The molecule has 3 heteroatoms. The molecule has 1 atom stereocenters. The van der Waals surface area contributed by atoms with Crippen LogP contribution in [0, 0.1) is 5.82 Å². The van der Waals surface area contributed by atoms with E-state index in [-0.39, 0.29) is 11.7 Å². The average molecular weight is 230 g/mol. The van der Waals surface area contributed by atoms with Gasteiger partial charge in [-0.1, -0.05) is 18.2 Å². The molecule has 2 rings (SSSR count). The van der Waals surface area contributed by atoms with Crippen LogP contribution in [0.25, 0.3) is 0 Å². The molecule has 0 fully saturated rings. The van der Waals surface area contributed by atoms with E-state index in [1.54, 1.807) is 18.3 Å². The third-order valence-electron chi connectivity index (χ3n) is 2.81. The Bertz CT molecular complexity index is 453. The first kappa shape index (κ1) is 11.7. The Labute approximate surface area is 100 Å². The van der Waals surface area contributed by atoms with Crippen LogP contribution >= 0.6 is 0 Å². The number of aromatic nitrogens is 1. The molecule has 0 aliphatic carbocycles. The molecule has 88 valence electrons. The first-order chi connectivity index (χ1) is 8.29. The summed E-state index contributed by atoms with van der Waals surface area (Å²) in [6, 6.07) is 12.3. The summed E-state index contributed by atoms with van der Waals surface area (Å²) in [5.41, 5.74) is 7.83. The van der Waals surface area contributed by atoms with Crippen molar-refractivity contribution >= 4 is 0 Å². The first-order valence-corrected chi connectivity index (χ1v) is 5.65. The fourth-order valence-corrected chi connectivity index (χ4v) is 1.84. The van der Waals surface area contributed by atoms with Crippen molar-refractivity contribution in [1.29, 1.82) is 0 Å². The first-order valence-electron chi connectivity index (χ1n) is 5.65. The van der Waals surface area contributed by atoms with Crippen LogP contribution in [-0.4, -0.2) is 11.5 Å². The summed E-state index contributed by atoms with van der Waals surface area (Å²) in [5.74, 6) is -0.0344. The maximum Gasteiger partial charge on any atom is 0.123 e. The van der Waals surface area contributed by atoms with Crippen LogP contribution in [0.3, 0.4) is 0 Å². The Kier molecular flexibility index (Phi) is 3.83. The number of rotatable bonds is 4. The highest BCUT2D eigenvalue weighted by Gasteiger charge is 2.11. The Morgan fingerprint density at radius 1 is 1.12 bits per heavy atom. The zero-order valence-corrected chi connectivity index (χ0v) is 9.51. The van der Waals surface area contributed by atoms with Gasteiger partial charge in [0, 0.05) is 17.8 Å². The van der Waals surface area contributed by atoms with E-state index in [0.717, 1.165) is 17.7 Å². The van der Waals surface area contributed by atoms with Crippen LogP contribution in [0.1, 0.15) is 17.2 Å². The molecule has 0 saturated heterocycles. The molecule has 2 nitrogen and oxygen atoms in total. The summed E-state index contributed by atoms with van der Waals surface area (Å²) in [7, 11) is 0. The number of halogens is 1. The SMILES string of the molecule is NCC(Cc1ccccn1)c1ccc(F)cc1. The van der Waals surface area contributed by atoms with Crippen LogP contribution in [0.15, 0.2) is 48.7 Å². The van der Waals surface area contributed by atoms with Gasteiger partial charge in [0.2, 0.25) is 0 Å². The van der Waals surface area contributed by atoms with Gasteiger partial charge in [0.25, 0.3) is 0 Å². The molecule has 1 unspecified atom stereocenters. The summed E-state index contributed by atoms with van der Waals surface area (Å²) in [4.78, 5) is 4.28. The predicted molar refractivity (Wildman–Crippen MR) is 66.1 cm³/mol. The van der Waals surface area contributed by atoms with E-state index in [1.807, 2.05) is 18.2 Å². The number of hydrogen-bond acceptors (Lipinski definition) is 2. The molecule has 1 aromatic heterocycles. The van der Waals surface area contributed by atoms with Gasteiger partial charge in [-0.25, -0.2) is 4.39 Å². The molecule has 0 aliphatic heterocycles. The highest BCUT2D eigenvalue weighted by atomic mass is 19.1. The molecule has 0 bridgehead atoms. The molecule has 17 heavy (non-hydrogen) atoms. The van der Waals surface area contributed by atoms with Crippen molar-refractivity contribution in [3.63, 3.8) is 0 Å². The normalized spacial score (nSPS) is 12.4. The van der Waals surface area contributed by atoms with Crippen LogP contribution in [-0.2, 0) is 6.42 Å². The van der Waals surface area contributed by atoms with Crippen molar-refractivity contribution in [1.82, 2.24) is 4.98 Å². The van der Waals surface area contributed by atoms with E-state index >= 15 is 0 Å². The molecule has 0 saturated carbocycles. The summed E-state index contributed by atoms with van der Waals surface area (Å²) in [6.07, 6.45) is 2.55. The quantitative estimate of drug-likeness (QED) is 0.876. The van der Waals surface area contributed by atoms with Gasteiger partial charge in [-0.3, -0.25) is 4.98 Å². The summed E-state index contributed by atoms with van der Waals surface area (Å²) in [5, 5.41) is 0. The lowest BCUT2D eigenvalue weighted by molar-refractivity contribution is 0.623. The van der Waals surface area contributed by atoms with Crippen molar-refractivity contribution in [3.8, 4) is 0 Å². The zero-order chi connectivity index (χ0) is 12.1. The maximum atomic E-state index is 12.8.